The molecular formula is C22H28N4O3. The van der Waals surface area contributed by atoms with Gasteiger partial charge in [0, 0.05) is 37.5 Å². The van der Waals surface area contributed by atoms with Gasteiger partial charge in [0.1, 0.15) is 0 Å². The molecule has 1 aliphatic rings. The van der Waals surface area contributed by atoms with Crippen LogP contribution in [-0.4, -0.2) is 45.4 Å². The molecule has 1 heterocycles. The summed E-state index contributed by atoms with van der Waals surface area (Å²) in [6, 6.07) is 11.1. The van der Waals surface area contributed by atoms with Crippen molar-refractivity contribution in [2.45, 2.75) is 44.4 Å². The maximum atomic E-state index is 12.4. The second kappa shape index (κ2) is 10.6. The number of amides is 2. The van der Waals surface area contributed by atoms with E-state index in [1.165, 1.54) is 6.08 Å². The Labute approximate surface area is 170 Å². The van der Waals surface area contributed by atoms with E-state index in [4.69, 9.17) is 0 Å². The molecule has 7 heteroatoms. The van der Waals surface area contributed by atoms with Crippen LogP contribution in [0.1, 0.15) is 31.2 Å². The van der Waals surface area contributed by atoms with Crippen molar-refractivity contribution < 1.29 is 14.7 Å². The smallest absolute Gasteiger partial charge is 0.244 e. The van der Waals surface area contributed by atoms with Crippen molar-refractivity contribution in [3.8, 4) is 0 Å². The van der Waals surface area contributed by atoms with Crippen LogP contribution in [0.25, 0.3) is 6.08 Å². The summed E-state index contributed by atoms with van der Waals surface area (Å²) in [4.78, 5) is 24.5. The minimum atomic E-state index is -0.724. The molecule has 1 aliphatic carbocycles. The number of nitrogens with zero attached hydrogens (tertiary/aromatic N) is 2. The molecule has 0 unspecified atom stereocenters. The van der Waals surface area contributed by atoms with Gasteiger partial charge >= 0.3 is 0 Å². The first kappa shape index (κ1) is 20.8. The summed E-state index contributed by atoms with van der Waals surface area (Å²) >= 11 is 0. The van der Waals surface area contributed by atoms with Crippen LogP contribution in [0.4, 0.5) is 0 Å². The predicted octanol–water partition coefficient (Wildman–Crippen LogP) is 1.75. The molecule has 3 N–H and O–H groups in total. The highest BCUT2D eigenvalue weighted by molar-refractivity contribution is 5.92. The Morgan fingerprint density at radius 1 is 1.21 bits per heavy atom. The minimum Gasteiger partial charge on any atom is -0.391 e. The molecule has 29 heavy (non-hydrogen) atoms. The van der Waals surface area contributed by atoms with Gasteiger partial charge in [0.05, 0.1) is 12.1 Å². The van der Waals surface area contributed by atoms with Crippen molar-refractivity contribution in [2.75, 3.05) is 6.54 Å². The quantitative estimate of drug-likeness (QED) is 0.468. The molecule has 154 valence electrons. The molecule has 1 saturated carbocycles. The highest BCUT2D eigenvalue weighted by Crippen LogP contribution is 2.25. The number of carbonyl (C=O) groups is 2. The van der Waals surface area contributed by atoms with Gasteiger partial charge in [-0.1, -0.05) is 30.3 Å². The number of aliphatic hydroxyl groups is 1. The number of hydrogen-bond acceptors (Lipinski definition) is 4. The van der Waals surface area contributed by atoms with E-state index in [1.54, 1.807) is 12.3 Å². The Kier molecular flexibility index (Phi) is 7.58. The van der Waals surface area contributed by atoms with E-state index in [9.17, 15) is 14.7 Å². The van der Waals surface area contributed by atoms with Gasteiger partial charge in [0.25, 0.3) is 0 Å². The zero-order valence-corrected chi connectivity index (χ0v) is 16.4. The Hall–Kier alpha value is -2.93. The first-order valence-electron chi connectivity index (χ1n) is 10.1. The van der Waals surface area contributed by atoms with E-state index in [2.05, 4.69) is 15.7 Å². The lowest BCUT2D eigenvalue weighted by Crippen LogP contribution is -2.48. The molecule has 0 spiro atoms. The van der Waals surface area contributed by atoms with Crippen LogP contribution in [0.2, 0.25) is 0 Å². The number of aromatic nitrogens is 2. The van der Waals surface area contributed by atoms with Crippen LogP contribution >= 0.6 is 0 Å². The zero-order chi connectivity index (χ0) is 20.5. The van der Waals surface area contributed by atoms with Crippen LogP contribution in [0.5, 0.6) is 0 Å². The van der Waals surface area contributed by atoms with Crippen molar-refractivity contribution in [1.29, 1.82) is 0 Å². The highest BCUT2D eigenvalue weighted by Gasteiger charge is 2.33. The SMILES string of the molecule is O=C(C=Cc1ccccc1)N[C@H]1CC[C@H](C(=O)NCCCn2cccn2)C[C@@H]1O. The first-order chi connectivity index (χ1) is 14.1. The molecule has 0 radical (unpaired) electrons. The fourth-order valence-corrected chi connectivity index (χ4v) is 3.55. The van der Waals surface area contributed by atoms with Crippen LogP contribution in [0, 0.1) is 5.92 Å². The lowest BCUT2D eigenvalue weighted by Gasteiger charge is -2.32. The van der Waals surface area contributed by atoms with Gasteiger partial charge in [-0.25, -0.2) is 0 Å². The zero-order valence-electron chi connectivity index (χ0n) is 16.4. The van der Waals surface area contributed by atoms with Crippen LogP contribution in [-0.2, 0) is 16.1 Å². The fourth-order valence-electron chi connectivity index (χ4n) is 3.55. The van der Waals surface area contributed by atoms with Crippen molar-refractivity contribution in [3.05, 3.63) is 60.4 Å². The molecular weight excluding hydrogens is 368 g/mol. The number of carbonyl (C=O) groups excluding carboxylic acids is 2. The van der Waals surface area contributed by atoms with Crippen LogP contribution in [0.15, 0.2) is 54.9 Å². The van der Waals surface area contributed by atoms with Crippen LogP contribution < -0.4 is 10.6 Å². The van der Waals surface area contributed by atoms with E-state index < -0.39 is 6.10 Å². The molecule has 2 amide bonds. The molecule has 1 fully saturated rings. The fraction of sp³-hybridized carbons (Fsp3) is 0.409. The number of benzene rings is 1. The summed E-state index contributed by atoms with van der Waals surface area (Å²) in [7, 11) is 0. The Balaban J connectivity index is 1.37. The van der Waals surface area contributed by atoms with Gasteiger partial charge in [-0.15, -0.1) is 0 Å². The van der Waals surface area contributed by atoms with Crippen molar-refractivity contribution in [2.24, 2.45) is 5.92 Å². The number of aliphatic hydroxyl groups excluding tert-OH is 1. The maximum Gasteiger partial charge on any atom is 0.244 e. The molecule has 2 aromatic rings. The van der Waals surface area contributed by atoms with Gasteiger partial charge in [-0.05, 0) is 43.4 Å². The Morgan fingerprint density at radius 3 is 2.76 bits per heavy atom. The molecule has 0 bridgehead atoms. The van der Waals surface area contributed by atoms with E-state index in [1.807, 2.05) is 47.3 Å². The molecule has 0 saturated heterocycles. The van der Waals surface area contributed by atoms with Crippen molar-refractivity contribution >= 4 is 17.9 Å². The van der Waals surface area contributed by atoms with E-state index in [0.717, 1.165) is 18.5 Å². The summed E-state index contributed by atoms with van der Waals surface area (Å²) in [6.45, 7) is 1.33. The van der Waals surface area contributed by atoms with Gasteiger partial charge in [0.15, 0.2) is 0 Å². The van der Waals surface area contributed by atoms with Gasteiger partial charge in [-0.2, -0.15) is 5.10 Å². The number of aryl methyl sites for hydroxylation is 1. The van der Waals surface area contributed by atoms with Crippen LogP contribution in [0.3, 0.4) is 0 Å². The second-order valence-corrected chi connectivity index (χ2v) is 7.35. The molecule has 0 aliphatic heterocycles. The lowest BCUT2D eigenvalue weighted by molar-refractivity contribution is -0.127. The molecule has 1 aromatic carbocycles. The summed E-state index contributed by atoms with van der Waals surface area (Å²) in [5.41, 5.74) is 0.941. The first-order valence-corrected chi connectivity index (χ1v) is 10.1. The lowest BCUT2D eigenvalue weighted by atomic mass is 9.83. The summed E-state index contributed by atoms with van der Waals surface area (Å²) in [6.07, 6.45) is 8.50. The van der Waals surface area contributed by atoms with Gasteiger partial charge in [-0.3, -0.25) is 14.3 Å². The maximum absolute atomic E-state index is 12.4. The topological polar surface area (TPSA) is 96.3 Å². The Morgan fingerprint density at radius 2 is 2.03 bits per heavy atom. The standard InChI is InChI=1S/C22H28N4O3/c27-20-16-18(22(29)23-12-4-14-26-15-5-13-24-26)9-10-19(20)25-21(28)11-8-17-6-2-1-3-7-17/h1-3,5-8,11,13,15,18-20,27H,4,9-10,12,14,16H2,(H,23,29)(H,25,28)/t18-,19-,20-/m0/s1. The molecule has 7 nitrogen and oxygen atoms in total. The van der Waals surface area contributed by atoms with Gasteiger partial charge in [0.2, 0.25) is 11.8 Å². The average Bonchev–Trinajstić information content (AvgIpc) is 3.25. The van der Waals surface area contributed by atoms with E-state index in [-0.39, 0.29) is 23.8 Å². The molecule has 3 atom stereocenters. The largest absolute Gasteiger partial charge is 0.391 e. The predicted molar refractivity (Wildman–Crippen MR) is 111 cm³/mol. The third-order valence-electron chi connectivity index (χ3n) is 5.16. The van der Waals surface area contributed by atoms with Crippen molar-refractivity contribution in [1.82, 2.24) is 20.4 Å². The molecule has 1 aromatic heterocycles. The summed E-state index contributed by atoms with van der Waals surface area (Å²) in [5, 5.41) is 20.3. The Bertz CT molecular complexity index is 805. The third-order valence-corrected chi connectivity index (χ3v) is 5.16. The summed E-state index contributed by atoms with van der Waals surface area (Å²) in [5.74, 6) is -0.486. The normalized spacial score (nSPS) is 21.8. The number of hydrogen-bond donors (Lipinski definition) is 3. The highest BCUT2D eigenvalue weighted by atomic mass is 16.3. The van der Waals surface area contributed by atoms with E-state index >= 15 is 0 Å². The minimum absolute atomic E-state index is 0.0294. The number of rotatable bonds is 8. The molecule has 3 rings (SSSR count). The third kappa shape index (κ3) is 6.57. The van der Waals surface area contributed by atoms with E-state index in [0.29, 0.717) is 25.8 Å². The second-order valence-electron chi connectivity index (χ2n) is 7.35. The monoisotopic (exact) mass is 396 g/mol. The number of nitrogens with one attached hydrogen (secondary N) is 2. The average molecular weight is 396 g/mol. The van der Waals surface area contributed by atoms with Gasteiger partial charge < -0.3 is 15.7 Å². The van der Waals surface area contributed by atoms with Crippen molar-refractivity contribution in [3.63, 3.8) is 0 Å². The summed E-state index contributed by atoms with van der Waals surface area (Å²) < 4.78 is 1.83.